The van der Waals surface area contributed by atoms with Crippen molar-refractivity contribution < 1.29 is 55.3 Å². The third-order valence-corrected chi connectivity index (χ3v) is 27.6. The standard InChI is InChI=1S/C23H28N6O13S6/c1-3-5-6-16(4-2)15-26-23(30)28-27-21-11-17(13-24)18(14-25)12-22(21)44(33,34)20-9-7-19(8-10-20)29-45(35,36)47(39,40)48(41,42)46(37,38)43(31)32/h7-12,16,27,29,43H,3-6,15H2,1-2H3,(H2,26,28,30). The van der Waals surface area contributed by atoms with Gasteiger partial charge < -0.3 is 5.32 Å². The number of benzene rings is 2. The molecule has 0 aliphatic carbocycles. The number of unbranched alkanes of at least 4 members (excludes halogenated alkanes) is 1. The zero-order valence-electron chi connectivity index (χ0n) is 24.8. The summed E-state index contributed by atoms with van der Waals surface area (Å²) in [5, 5.41) is 21.5. The van der Waals surface area contributed by atoms with Gasteiger partial charge in [0.05, 0.1) is 26.6 Å². The maximum atomic E-state index is 13.6. The van der Waals surface area contributed by atoms with Gasteiger partial charge in [-0.1, -0.05) is 33.1 Å². The number of hydrogen-bond acceptors (Lipinski definition) is 16. The summed E-state index contributed by atoms with van der Waals surface area (Å²) >= 11 is 0. The minimum atomic E-state index is -6.91. The first-order chi connectivity index (χ1) is 22.1. The predicted octanol–water partition coefficient (Wildman–Crippen LogP) is 0.363. The fraction of sp³-hybridized carbons (Fsp3) is 0.348. The number of nitrogens with zero attached hydrogens (tertiary/aromatic N) is 2. The normalized spacial score (nSPS) is 13.1. The lowest BCUT2D eigenvalue weighted by Gasteiger charge is -2.18. The molecule has 0 spiro atoms. The van der Waals surface area contributed by atoms with Crippen molar-refractivity contribution in [2.45, 2.75) is 49.3 Å². The van der Waals surface area contributed by atoms with Crippen LogP contribution in [0.1, 0.15) is 50.7 Å². The van der Waals surface area contributed by atoms with Crippen LogP contribution in [0.4, 0.5) is 16.2 Å². The molecule has 0 aliphatic rings. The molecule has 0 saturated heterocycles. The van der Waals surface area contributed by atoms with E-state index in [2.05, 4.69) is 16.2 Å². The molecule has 1 atom stereocenters. The van der Waals surface area contributed by atoms with Crippen molar-refractivity contribution in [3.8, 4) is 12.1 Å². The molecular formula is C23H28N6O13S6. The summed E-state index contributed by atoms with van der Waals surface area (Å²) in [6.45, 7) is 4.29. The first-order valence-electron chi connectivity index (χ1n) is 13.2. The largest absolute Gasteiger partial charge is 0.390 e. The number of thiol groups is 1. The summed E-state index contributed by atoms with van der Waals surface area (Å²) in [6.07, 6.45) is 3.57. The van der Waals surface area contributed by atoms with Crippen molar-refractivity contribution in [1.82, 2.24) is 10.7 Å². The third kappa shape index (κ3) is 8.34. The number of sulfone groups is 1. The molecule has 2 aromatic carbocycles. The lowest BCUT2D eigenvalue weighted by atomic mass is 9.99. The van der Waals surface area contributed by atoms with Crippen LogP contribution in [0.2, 0.25) is 0 Å². The van der Waals surface area contributed by atoms with Gasteiger partial charge in [-0.05, 0) is 48.7 Å². The highest BCUT2D eigenvalue weighted by Crippen LogP contribution is 2.31. The van der Waals surface area contributed by atoms with Crippen LogP contribution in [-0.4, -0.2) is 63.1 Å². The Morgan fingerprint density at radius 3 is 1.92 bits per heavy atom. The Labute approximate surface area is 276 Å². The number of carbonyl (C=O) groups is 1. The van der Waals surface area contributed by atoms with Gasteiger partial charge in [-0.2, -0.15) is 44.2 Å². The smallest absolute Gasteiger partial charge is 0.336 e. The molecule has 1 unspecified atom stereocenters. The second kappa shape index (κ2) is 15.5. The van der Waals surface area contributed by atoms with Crippen LogP contribution in [0.25, 0.3) is 0 Å². The summed E-state index contributed by atoms with van der Waals surface area (Å²) in [7, 11) is -36.2. The molecule has 19 nitrogen and oxygen atoms in total. The van der Waals surface area contributed by atoms with E-state index in [1.165, 1.54) is 4.72 Å². The highest BCUT2D eigenvalue weighted by atomic mass is 33.9. The Morgan fingerprint density at radius 1 is 0.854 bits per heavy atom. The zero-order chi connectivity index (χ0) is 36.7. The molecule has 0 aromatic heterocycles. The van der Waals surface area contributed by atoms with E-state index in [1.807, 2.05) is 13.8 Å². The Morgan fingerprint density at radius 2 is 1.42 bits per heavy atom. The number of hydrogen-bond donors (Lipinski definition) is 5. The molecule has 0 heterocycles. The molecule has 0 bridgehead atoms. The summed E-state index contributed by atoms with van der Waals surface area (Å²) in [5.41, 5.74) is 2.81. The Kier molecular flexibility index (Phi) is 12.9. The van der Waals surface area contributed by atoms with E-state index in [0.29, 0.717) is 30.8 Å². The lowest BCUT2D eigenvalue weighted by Crippen LogP contribution is -2.41. The van der Waals surface area contributed by atoms with E-state index in [-0.39, 0.29) is 22.7 Å². The van der Waals surface area contributed by atoms with Gasteiger partial charge in [-0.25, -0.2) is 21.6 Å². The fourth-order valence-electron chi connectivity index (χ4n) is 3.75. The number of rotatable bonds is 16. The molecule has 0 fully saturated rings. The Bertz CT molecular complexity index is 2280. The lowest BCUT2D eigenvalue weighted by molar-refractivity contribution is 0.240. The number of urea groups is 1. The summed E-state index contributed by atoms with van der Waals surface area (Å²) in [4.78, 5) is 11.2. The molecule has 0 aliphatic heterocycles. The van der Waals surface area contributed by atoms with Crippen LogP contribution >= 0.6 is 0 Å². The molecule has 4 N–H and O–H groups in total. The molecule has 48 heavy (non-hydrogen) atoms. The van der Waals surface area contributed by atoms with Gasteiger partial charge in [0.2, 0.25) is 9.84 Å². The van der Waals surface area contributed by atoms with Crippen molar-refractivity contribution in [3.63, 3.8) is 0 Å². The molecule has 0 radical (unpaired) electrons. The van der Waals surface area contributed by atoms with Crippen LogP contribution in [-0.2, 0) is 52.3 Å². The fourth-order valence-corrected chi connectivity index (χ4v) is 22.7. The maximum absolute atomic E-state index is 13.6. The van der Waals surface area contributed by atoms with Crippen LogP contribution in [0.3, 0.4) is 0 Å². The topological polar surface area (TPSA) is 318 Å². The maximum Gasteiger partial charge on any atom is 0.390 e. The second-order valence-corrected chi connectivity index (χ2v) is 27.8. The minimum Gasteiger partial charge on any atom is -0.336 e. The van der Waals surface area contributed by atoms with E-state index in [1.54, 1.807) is 12.1 Å². The van der Waals surface area contributed by atoms with Crippen molar-refractivity contribution in [2.75, 3.05) is 16.7 Å². The van der Waals surface area contributed by atoms with Gasteiger partial charge in [0.15, 0.2) is 0 Å². The Hall–Kier alpha value is -4.01. The van der Waals surface area contributed by atoms with E-state index < -0.39 is 73.8 Å². The summed E-state index contributed by atoms with van der Waals surface area (Å²) < 4.78 is 146. The van der Waals surface area contributed by atoms with Gasteiger partial charge in [0.1, 0.15) is 12.1 Å². The van der Waals surface area contributed by atoms with Crippen LogP contribution < -0.4 is 20.9 Å². The zero-order valence-corrected chi connectivity index (χ0v) is 29.7. The van der Waals surface area contributed by atoms with Crippen molar-refractivity contribution in [2.24, 2.45) is 5.92 Å². The van der Waals surface area contributed by atoms with Gasteiger partial charge in [-0.15, -0.1) is 0 Å². The molecule has 264 valence electrons. The highest BCUT2D eigenvalue weighted by Gasteiger charge is 2.53. The average Bonchev–Trinajstić information content (AvgIpc) is 3.02. The van der Waals surface area contributed by atoms with Crippen LogP contribution in [0, 0.1) is 28.6 Å². The average molecular weight is 789 g/mol. The van der Waals surface area contributed by atoms with Gasteiger partial charge in [0.25, 0.3) is 9.74 Å². The summed E-state index contributed by atoms with van der Waals surface area (Å²) in [5.74, 6) is 0.181. The summed E-state index contributed by atoms with van der Waals surface area (Å²) in [6, 6.07) is 7.08. The number of nitriles is 2. The monoisotopic (exact) mass is 788 g/mol. The molecule has 2 aromatic rings. The first kappa shape index (κ1) is 40.2. The van der Waals surface area contributed by atoms with Gasteiger partial charge in [-0.3, -0.25) is 15.6 Å². The van der Waals surface area contributed by atoms with Crippen molar-refractivity contribution in [3.05, 3.63) is 47.5 Å². The van der Waals surface area contributed by atoms with Crippen LogP contribution in [0.15, 0.2) is 46.2 Å². The number of nitrogens with one attached hydrogen (secondary N) is 4. The molecular weight excluding hydrogens is 761 g/mol. The molecule has 2 amide bonds. The van der Waals surface area contributed by atoms with Gasteiger partial charge in [0, 0.05) is 12.2 Å². The van der Waals surface area contributed by atoms with E-state index >= 15 is 0 Å². The SMILES string of the molecule is CCCCC(CC)CNC(=O)NNc1cc(C#N)c(C#N)cc1S(=O)(=O)c1ccc(NS(=O)(=O)S(=O)(=O)S(=O)(=O)S(=O)(=O)[SH](=O)=O)cc1. The quantitative estimate of drug-likeness (QED) is 0.0871. The van der Waals surface area contributed by atoms with E-state index in [4.69, 9.17) is 0 Å². The second-order valence-electron chi connectivity index (χ2n) is 9.55. The Balaban J connectivity index is 2.45. The molecule has 25 heteroatoms. The minimum absolute atomic E-state index is 0.181. The van der Waals surface area contributed by atoms with Crippen LogP contribution in [0.5, 0.6) is 0 Å². The third-order valence-electron chi connectivity index (χ3n) is 6.42. The highest BCUT2D eigenvalue weighted by molar-refractivity contribution is 9.23. The number of hydrazine groups is 1. The number of carbonyl (C=O) groups excluding carboxylic acids is 1. The van der Waals surface area contributed by atoms with Gasteiger partial charge >= 0.3 is 38.8 Å². The number of anilines is 2. The predicted molar refractivity (Wildman–Crippen MR) is 171 cm³/mol. The molecule has 0 saturated carbocycles. The van der Waals surface area contributed by atoms with E-state index in [9.17, 15) is 65.8 Å². The van der Waals surface area contributed by atoms with Crippen molar-refractivity contribution in [1.29, 1.82) is 10.5 Å². The number of amides is 2. The first-order valence-corrected chi connectivity index (χ1v) is 23.9. The van der Waals surface area contributed by atoms with Crippen molar-refractivity contribution >= 4 is 69.7 Å². The van der Waals surface area contributed by atoms with E-state index in [0.717, 1.165) is 37.8 Å². The molecule has 2 rings (SSSR count).